The van der Waals surface area contributed by atoms with Gasteiger partial charge in [-0.3, -0.25) is 19.2 Å². The van der Waals surface area contributed by atoms with E-state index in [0.29, 0.717) is 70.8 Å². The molecule has 1 fully saturated rings. The minimum atomic E-state index is -1.51. The minimum absolute atomic E-state index is 0.00138. The molecule has 0 aromatic carbocycles. The van der Waals surface area contributed by atoms with E-state index in [1.165, 1.54) is 0 Å². The Morgan fingerprint density at radius 3 is 1.83 bits per heavy atom. The highest BCUT2D eigenvalue weighted by atomic mass is 16.4. The van der Waals surface area contributed by atoms with E-state index in [1.54, 1.807) is 0 Å². The fourth-order valence-electron chi connectivity index (χ4n) is 10.8. The Bertz CT molecular complexity index is 2950. The van der Waals surface area contributed by atoms with Gasteiger partial charge in [-0.2, -0.15) is 0 Å². The minimum Gasteiger partial charge on any atom is -0.511 e. The molecule has 11 N–H and O–H groups in total. The van der Waals surface area contributed by atoms with E-state index in [4.69, 9.17) is 20.1 Å². The van der Waals surface area contributed by atoms with Crippen molar-refractivity contribution in [3.63, 3.8) is 0 Å². The number of amides is 5. The first-order chi connectivity index (χ1) is 38.6. The van der Waals surface area contributed by atoms with Crippen molar-refractivity contribution in [2.75, 3.05) is 13.1 Å². The van der Waals surface area contributed by atoms with E-state index in [0.717, 1.165) is 91.1 Å². The highest BCUT2D eigenvalue weighted by Crippen LogP contribution is 2.46. The molecule has 0 aromatic heterocycles. The van der Waals surface area contributed by atoms with Gasteiger partial charge in [0.25, 0.3) is 0 Å². The first kappa shape index (κ1) is 62.0. The summed E-state index contributed by atoms with van der Waals surface area (Å²) in [6.07, 6.45) is 13.4. The zero-order chi connectivity index (χ0) is 59.1. The molecule has 5 aliphatic heterocycles. The van der Waals surface area contributed by atoms with Crippen LogP contribution in [-0.4, -0.2) is 122 Å². The van der Waals surface area contributed by atoms with E-state index in [2.05, 4.69) is 65.3 Å². The second-order valence-corrected chi connectivity index (χ2v) is 21.2. The number of unbranched alkanes of at least 4 members (excludes halogenated alkanes) is 5. The molecule has 436 valence electrons. The summed E-state index contributed by atoms with van der Waals surface area (Å²) in [5, 5.41) is 65.1. The van der Waals surface area contributed by atoms with Gasteiger partial charge < -0.3 is 57.4 Å². The molecule has 6 aliphatic rings. The first-order valence-electron chi connectivity index (χ1n) is 28.0. The van der Waals surface area contributed by atoms with Crippen molar-refractivity contribution >= 4 is 64.8 Å². The molecule has 1 unspecified atom stereocenters. The van der Waals surface area contributed by atoms with Crippen molar-refractivity contribution < 1.29 is 63.9 Å². The van der Waals surface area contributed by atoms with Gasteiger partial charge in [-0.15, -0.1) is 0 Å². The van der Waals surface area contributed by atoms with Gasteiger partial charge in [-0.05, 0) is 132 Å². The third-order valence-corrected chi connectivity index (χ3v) is 15.5. The number of carboxylic acid groups (broad SMARTS) is 4. The molecule has 22 heteroatoms. The van der Waals surface area contributed by atoms with Crippen molar-refractivity contribution in [2.24, 2.45) is 26.8 Å². The number of aliphatic hydroxyl groups excluding tert-OH is 1. The maximum Gasteiger partial charge on any atom is 0.326 e. The van der Waals surface area contributed by atoms with Crippen molar-refractivity contribution in [2.45, 2.75) is 168 Å². The molecule has 5 heterocycles. The molecule has 6 rings (SSSR count). The fraction of sp³-hybridized carbons (Fsp3) is 0.508. The van der Waals surface area contributed by atoms with Crippen molar-refractivity contribution in [3.8, 4) is 0 Å². The molecule has 5 atom stereocenters. The summed E-state index contributed by atoms with van der Waals surface area (Å²) in [4.78, 5) is 112. The molecule has 81 heavy (non-hydrogen) atoms. The van der Waals surface area contributed by atoms with Crippen LogP contribution in [0.5, 0.6) is 0 Å². The van der Waals surface area contributed by atoms with Gasteiger partial charge in [-0.1, -0.05) is 39.3 Å². The Hall–Kier alpha value is -8.17. The van der Waals surface area contributed by atoms with Crippen LogP contribution in [-0.2, 0) is 33.6 Å². The number of urea groups is 1. The van der Waals surface area contributed by atoms with Gasteiger partial charge in [0.2, 0.25) is 17.7 Å². The van der Waals surface area contributed by atoms with Crippen molar-refractivity contribution in [1.29, 1.82) is 0 Å². The number of nitrogens with zero attached hydrogens (tertiary/aromatic N) is 3. The molecule has 0 radical (unpaired) electrons. The zero-order valence-corrected chi connectivity index (χ0v) is 46.9. The maximum absolute atomic E-state index is 13.4. The van der Waals surface area contributed by atoms with Gasteiger partial charge in [-0.25, -0.2) is 34.2 Å². The summed E-state index contributed by atoms with van der Waals surface area (Å²) >= 11 is 0. The number of carbonyl (C=O) groups is 8. The largest absolute Gasteiger partial charge is 0.511 e. The van der Waals surface area contributed by atoms with Crippen LogP contribution in [0.1, 0.15) is 150 Å². The SMILES string of the molecule is C=CC1=C(C)C2=NC1=CC1=NC(=CC3=C(C)C4=C(O)CC(=C5NC(=C2)[C@H](C)[C@H]5CCC(=O)NCCCCC(NC(=O)CCCCCCC(=O)NCCCC[C@H](NC(=O)N[C@@H](CCC(=O)O)C(=O)O)C(=O)O)C(=O)O)C4=N3)C(CC)=C1C. The number of hydrogen-bond acceptors (Lipinski definition) is 13. The third kappa shape index (κ3) is 16.2. The fourth-order valence-corrected chi connectivity index (χ4v) is 10.8. The molecular weight excluding hydrogens is 1040 g/mol. The number of rotatable bonds is 31. The summed E-state index contributed by atoms with van der Waals surface area (Å²) in [6.45, 7) is 15.0. The molecule has 0 saturated carbocycles. The van der Waals surface area contributed by atoms with E-state index in [1.807, 2.05) is 32.1 Å². The van der Waals surface area contributed by atoms with Gasteiger partial charge >= 0.3 is 29.9 Å². The molecule has 8 bridgehead atoms. The Kier molecular flexibility index (Phi) is 22.1. The molecule has 0 spiro atoms. The number of aliphatic imine (C=N–C) groups is 3. The highest BCUT2D eigenvalue weighted by Gasteiger charge is 2.41. The van der Waals surface area contributed by atoms with Crippen LogP contribution in [0.15, 0.2) is 119 Å². The molecule has 0 aromatic rings. The Labute approximate surface area is 471 Å². The average Bonchev–Trinajstić information content (AvgIpc) is 4.37. The Balaban J connectivity index is 0.901. The Morgan fingerprint density at radius 1 is 0.667 bits per heavy atom. The molecule has 5 amide bonds. The standard InChI is InChI=1S/C59H77N9O13/c1-7-35-31(3)42-28-44-33(5)37(54(65-44)38-27-48(69)53-34(6)45(66-55(38)53)30-47-36(8-2)32(4)43(63-47)29-46(35)62-42)21-23-50(71)61-26-15-13-17-39(56(75)76)64-51(72)20-12-10-9-11-19-49(70)60-25-16-14-18-40(57(77)78)67-59(81)68-41(58(79)80)22-24-52(73)74/h7,28-30,33,37,39-41,65,69H,1,8-27H2,2-6H3,(H,60,70)(H,61,71)(H,64,72)(H,73,74)(H,75,76)(H,77,78)(H,79,80)(H2,67,68,81)/t33-,37-,39?,40+,41+/m1/s1. The van der Waals surface area contributed by atoms with Crippen molar-refractivity contribution in [1.82, 2.24) is 31.9 Å². The lowest BCUT2D eigenvalue weighted by Gasteiger charge is -2.18. The molecule has 22 nitrogen and oxygen atoms in total. The van der Waals surface area contributed by atoms with Crippen LogP contribution in [0.2, 0.25) is 0 Å². The number of allylic oxidation sites excluding steroid dienone is 12. The normalized spacial score (nSPS) is 19.2. The number of carboxylic acids is 4. The number of hydrogen-bond donors (Lipinski definition) is 11. The Morgan fingerprint density at radius 2 is 1.23 bits per heavy atom. The van der Waals surface area contributed by atoms with E-state index in [-0.39, 0.29) is 74.5 Å². The monoisotopic (exact) mass is 1120 g/mol. The van der Waals surface area contributed by atoms with Crippen LogP contribution in [0, 0.1) is 11.8 Å². The zero-order valence-electron chi connectivity index (χ0n) is 46.9. The number of aliphatic hydroxyl groups is 1. The summed E-state index contributed by atoms with van der Waals surface area (Å²) in [6, 6.07) is -5.00. The van der Waals surface area contributed by atoms with Gasteiger partial charge in [0, 0.05) is 85.1 Å². The van der Waals surface area contributed by atoms with Crippen LogP contribution in [0.4, 0.5) is 4.79 Å². The quantitative estimate of drug-likeness (QED) is 0.0307. The lowest BCUT2D eigenvalue weighted by atomic mass is 9.86. The van der Waals surface area contributed by atoms with E-state index in [9.17, 15) is 58.8 Å². The van der Waals surface area contributed by atoms with Crippen LogP contribution in [0.3, 0.4) is 0 Å². The predicted octanol–water partition coefficient (Wildman–Crippen LogP) is 7.18. The average molecular weight is 1120 g/mol. The molecule has 1 saturated heterocycles. The highest BCUT2D eigenvalue weighted by molar-refractivity contribution is 6.21. The van der Waals surface area contributed by atoms with Crippen molar-refractivity contribution in [3.05, 3.63) is 104 Å². The third-order valence-electron chi connectivity index (χ3n) is 15.5. The smallest absolute Gasteiger partial charge is 0.326 e. The second-order valence-electron chi connectivity index (χ2n) is 21.2. The van der Waals surface area contributed by atoms with Gasteiger partial charge in [0.15, 0.2) is 0 Å². The first-order valence-corrected chi connectivity index (χ1v) is 28.0. The number of nitrogens with one attached hydrogen (secondary N) is 6. The molecule has 1 aliphatic carbocycles. The number of fused-ring (bicyclic) bond motifs is 5. The topological polar surface area (TPSA) is 347 Å². The van der Waals surface area contributed by atoms with E-state index < -0.39 is 60.4 Å². The maximum atomic E-state index is 13.4. The summed E-state index contributed by atoms with van der Waals surface area (Å²) in [5.41, 5.74) is 13.2. The molecular formula is C59H77N9O13. The lowest BCUT2D eigenvalue weighted by Crippen LogP contribution is -2.51. The lowest BCUT2D eigenvalue weighted by molar-refractivity contribution is -0.142. The summed E-state index contributed by atoms with van der Waals surface area (Å²) in [7, 11) is 0. The van der Waals surface area contributed by atoms with Crippen LogP contribution >= 0.6 is 0 Å². The van der Waals surface area contributed by atoms with Gasteiger partial charge in [0.05, 0.1) is 34.2 Å². The number of aliphatic carboxylic acids is 4. The number of carbonyl (C=O) groups excluding carboxylic acids is 4. The van der Waals surface area contributed by atoms with Gasteiger partial charge in [0.1, 0.15) is 23.9 Å². The predicted molar refractivity (Wildman–Crippen MR) is 304 cm³/mol. The van der Waals surface area contributed by atoms with Crippen LogP contribution in [0.25, 0.3) is 0 Å². The summed E-state index contributed by atoms with van der Waals surface area (Å²) < 4.78 is 0. The second kappa shape index (κ2) is 28.8. The van der Waals surface area contributed by atoms with E-state index >= 15 is 0 Å². The summed E-state index contributed by atoms with van der Waals surface area (Å²) in [5.74, 6) is -5.85. The van der Waals surface area contributed by atoms with Crippen LogP contribution < -0.4 is 31.9 Å².